The number of carbonyl (C=O) groups excluding carboxylic acids is 1. The molecule has 5 heteroatoms. The highest BCUT2D eigenvalue weighted by Gasteiger charge is 2.52. The van der Waals surface area contributed by atoms with E-state index in [1.165, 1.54) is 38.5 Å². The minimum absolute atomic E-state index is 0.192. The summed E-state index contributed by atoms with van der Waals surface area (Å²) in [6, 6.07) is 5.23. The lowest BCUT2D eigenvalue weighted by molar-refractivity contribution is -0.0128. The lowest BCUT2D eigenvalue weighted by atomic mass is 9.48. The summed E-state index contributed by atoms with van der Waals surface area (Å²) in [6.07, 6.45) is 8.01. The van der Waals surface area contributed by atoms with Gasteiger partial charge in [-0.1, -0.05) is 0 Å². The van der Waals surface area contributed by atoms with Gasteiger partial charge in [-0.3, -0.25) is 4.79 Å². The Labute approximate surface area is 147 Å². The molecule has 5 nitrogen and oxygen atoms in total. The zero-order valence-electron chi connectivity index (χ0n) is 14.6. The van der Waals surface area contributed by atoms with Crippen LogP contribution in [-0.2, 0) is 0 Å². The van der Waals surface area contributed by atoms with E-state index in [1.807, 2.05) is 0 Å². The molecule has 1 aliphatic heterocycles. The number of amides is 1. The van der Waals surface area contributed by atoms with E-state index < -0.39 is 0 Å². The molecule has 1 aromatic rings. The van der Waals surface area contributed by atoms with Crippen molar-refractivity contribution in [1.29, 1.82) is 0 Å². The lowest BCUT2D eigenvalue weighted by Gasteiger charge is -2.56. The number of fused-ring (bicyclic) bond motifs is 1. The summed E-state index contributed by atoms with van der Waals surface area (Å²) < 4.78 is 10.6. The molecule has 0 spiro atoms. The molecule has 6 rings (SSSR count). The van der Waals surface area contributed by atoms with Crippen molar-refractivity contribution in [3.8, 4) is 11.5 Å². The van der Waals surface area contributed by atoms with Crippen LogP contribution in [0.3, 0.4) is 0 Å². The smallest absolute Gasteiger partial charge is 0.271 e. The predicted molar refractivity (Wildman–Crippen MR) is 93.7 cm³/mol. The normalized spacial score (nSPS) is 35.1. The summed E-state index contributed by atoms with van der Waals surface area (Å²) in [6.45, 7) is 2.32. The van der Waals surface area contributed by atoms with Gasteiger partial charge in [0.25, 0.3) is 5.91 Å². The highest BCUT2D eigenvalue weighted by molar-refractivity contribution is 5.96. The average Bonchev–Trinajstić information content (AvgIpc) is 3.05. The fourth-order valence-corrected chi connectivity index (χ4v) is 5.91. The molecular weight excluding hydrogens is 316 g/mol. The summed E-state index contributed by atoms with van der Waals surface area (Å²) in [4.78, 5) is 12.5. The van der Waals surface area contributed by atoms with Crippen molar-refractivity contribution in [2.24, 2.45) is 28.3 Å². The quantitative estimate of drug-likeness (QED) is 0.673. The van der Waals surface area contributed by atoms with Crippen LogP contribution in [0, 0.1) is 23.2 Å². The molecule has 1 N–H and O–H groups in total. The van der Waals surface area contributed by atoms with E-state index in [4.69, 9.17) is 9.47 Å². The number of hydrazone groups is 1. The first-order chi connectivity index (χ1) is 12.1. The predicted octanol–water partition coefficient (Wildman–Crippen LogP) is 3.74. The molecule has 1 amide bonds. The van der Waals surface area contributed by atoms with Gasteiger partial charge in [-0.25, -0.2) is 5.43 Å². The van der Waals surface area contributed by atoms with E-state index in [0.717, 1.165) is 23.5 Å². The Morgan fingerprint density at radius 3 is 2.40 bits per heavy atom. The maximum Gasteiger partial charge on any atom is 0.271 e. The van der Waals surface area contributed by atoms with Gasteiger partial charge in [0.15, 0.2) is 11.5 Å². The van der Waals surface area contributed by atoms with Gasteiger partial charge < -0.3 is 9.47 Å². The van der Waals surface area contributed by atoms with Crippen LogP contribution in [-0.4, -0.2) is 18.4 Å². The van der Waals surface area contributed by atoms with Gasteiger partial charge in [0, 0.05) is 16.7 Å². The van der Waals surface area contributed by atoms with E-state index in [0.29, 0.717) is 17.1 Å². The first-order valence-corrected chi connectivity index (χ1v) is 9.36. The second kappa shape index (κ2) is 5.48. The van der Waals surface area contributed by atoms with Gasteiger partial charge in [0.1, 0.15) is 0 Å². The van der Waals surface area contributed by atoms with Crippen molar-refractivity contribution >= 4 is 11.6 Å². The third-order valence-electron chi connectivity index (χ3n) is 6.77. The molecule has 4 fully saturated rings. The van der Waals surface area contributed by atoms with Crippen molar-refractivity contribution in [2.75, 3.05) is 6.79 Å². The Morgan fingerprint density at radius 2 is 1.72 bits per heavy atom. The number of hydrogen-bond donors (Lipinski definition) is 1. The van der Waals surface area contributed by atoms with Crippen molar-refractivity contribution in [2.45, 2.75) is 45.4 Å². The van der Waals surface area contributed by atoms with Crippen LogP contribution in [0.4, 0.5) is 0 Å². The minimum Gasteiger partial charge on any atom is -0.454 e. The molecule has 0 unspecified atom stereocenters. The van der Waals surface area contributed by atoms with Gasteiger partial charge in [-0.15, -0.1) is 0 Å². The first kappa shape index (κ1) is 15.2. The number of nitrogens with one attached hydrogen (secondary N) is 1. The van der Waals surface area contributed by atoms with Gasteiger partial charge in [-0.2, -0.15) is 5.10 Å². The Kier molecular flexibility index (Phi) is 3.34. The molecule has 5 aliphatic rings. The van der Waals surface area contributed by atoms with Crippen LogP contribution >= 0.6 is 0 Å². The molecule has 0 aromatic heterocycles. The van der Waals surface area contributed by atoms with Crippen molar-refractivity contribution < 1.29 is 14.3 Å². The molecule has 1 heterocycles. The molecular formula is C20H24N2O3. The summed E-state index contributed by atoms with van der Waals surface area (Å²) in [5, 5.41) is 4.53. The molecule has 0 radical (unpaired) electrons. The first-order valence-electron chi connectivity index (χ1n) is 9.36. The Morgan fingerprint density at radius 1 is 1.08 bits per heavy atom. The highest BCUT2D eigenvalue weighted by Crippen LogP contribution is 2.60. The second-order valence-electron chi connectivity index (χ2n) is 8.40. The number of hydrogen-bond acceptors (Lipinski definition) is 4. The van der Waals surface area contributed by atoms with Crippen molar-refractivity contribution in [1.82, 2.24) is 5.43 Å². The minimum atomic E-state index is -0.192. The SMILES string of the molecule is C/C(=N\NC(=O)c1ccc2c(c1)OCO2)C12CC3CC(CC(C3)C1)C2. The maximum atomic E-state index is 12.5. The molecule has 132 valence electrons. The fourth-order valence-electron chi connectivity index (χ4n) is 5.91. The van der Waals surface area contributed by atoms with Gasteiger partial charge in [0.05, 0.1) is 0 Å². The third kappa shape index (κ3) is 2.52. The molecule has 0 atom stereocenters. The monoisotopic (exact) mass is 340 g/mol. The summed E-state index contributed by atoms with van der Waals surface area (Å²) in [5.41, 5.74) is 4.66. The van der Waals surface area contributed by atoms with Crippen LogP contribution in [0.1, 0.15) is 55.8 Å². The third-order valence-corrected chi connectivity index (χ3v) is 6.77. The highest BCUT2D eigenvalue weighted by atomic mass is 16.7. The summed E-state index contributed by atoms with van der Waals surface area (Å²) in [5.74, 6) is 3.74. The average molecular weight is 340 g/mol. The molecule has 0 saturated heterocycles. The standard InChI is InChI=1S/C20H24N2O3/c1-12(20-8-13-4-14(9-20)6-15(5-13)10-20)21-22-19(23)16-2-3-17-18(7-16)25-11-24-17/h2-3,7,13-15H,4-6,8-11H2,1H3,(H,22,23)/b21-12+. The zero-order chi connectivity index (χ0) is 17.0. The van der Waals surface area contributed by atoms with Crippen LogP contribution in [0.15, 0.2) is 23.3 Å². The number of rotatable bonds is 3. The lowest BCUT2D eigenvalue weighted by Crippen LogP contribution is -2.49. The van der Waals surface area contributed by atoms with E-state index in [-0.39, 0.29) is 18.1 Å². The van der Waals surface area contributed by atoms with Crippen molar-refractivity contribution in [3.63, 3.8) is 0 Å². The van der Waals surface area contributed by atoms with Gasteiger partial charge >= 0.3 is 0 Å². The van der Waals surface area contributed by atoms with Crippen LogP contribution in [0.5, 0.6) is 11.5 Å². The van der Waals surface area contributed by atoms with E-state index >= 15 is 0 Å². The van der Waals surface area contributed by atoms with E-state index in [9.17, 15) is 4.79 Å². The van der Waals surface area contributed by atoms with Crippen LogP contribution in [0.25, 0.3) is 0 Å². The maximum absolute atomic E-state index is 12.5. The summed E-state index contributed by atoms with van der Waals surface area (Å²) in [7, 11) is 0. The number of ether oxygens (including phenoxy) is 2. The summed E-state index contributed by atoms with van der Waals surface area (Å²) >= 11 is 0. The number of nitrogens with zero attached hydrogens (tertiary/aromatic N) is 1. The fraction of sp³-hybridized carbons (Fsp3) is 0.600. The van der Waals surface area contributed by atoms with Gasteiger partial charge in [-0.05, 0) is 81.4 Å². The number of carbonyl (C=O) groups is 1. The van der Waals surface area contributed by atoms with Crippen LogP contribution in [0.2, 0.25) is 0 Å². The zero-order valence-corrected chi connectivity index (χ0v) is 14.6. The molecule has 4 bridgehead atoms. The molecule has 4 saturated carbocycles. The van der Waals surface area contributed by atoms with Gasteiger partial charge in [0.2, 0.25) is 6.79 Å². The van der Waals surface area contributed by atoms with Crippen LogP contribution < -0.4 is 14.9 Å². The van der Waals surface area contributed by atoms with Crippen molar-refractivity contribution in [3.05, 3.63) is 23.8 Å². The Bertz CT molecular complexity index is 720. The largest absolute Gasteiger partial charge is 0.454 e. The molecule has 4 aliphatic carbocycles. The Balaban J connectivity index is 1.32. The topological polar surface area (TPSA) is 59.9 Å². The number of benzene rings is 1. The molecule has 25 heavy (non-hydrogen) atoms. The molecule has 1 aromatic carbocycles. The van der Waals surface area contributed by atoms with E-state index in [2.05, 4.69) is 17.5 Å². The second-order valence-corrected chi connectivity index (χ2v) is 8.40. The van der Waals surface area contributed by atoms with E-state index in [1.54, 1.807) is 18.2 Å². The Hall–Kier alpha value is -2.04.